The fourth-order valence-corrected chi connectivity index (χ4v) is 2.00. The van der Waals surface area contributed by atoms with Crippen molar-refractivity contribution >= 4 is 33.5 Å². The predicted octanol–water partition coefficient (Wildman–Crippen LogP) is 3.90. The summed E-state index contributed by atoms with van der Waals surface area (Å²) >= 11 is 9.10. The van der Waals surface area contributed by atoms with E-state index in [1.165, 1.54) is 0 Å². The Hall–Kier alpha value is -1.00. The van der Waals surface area contributed by atoms with Gasteiger partial charge in [0.15, 0.2) is 0 Å². The maximum atomic E-state index is 10.7. The molecule has 0 radical (unpaired) electrons. The van der Waals surface area contributed by atoms with Gasteiger partial charge < -0.3 is 9.84 Å². The van der Waals surface area contributed by atoms with Crippen LogP contribution in [0.15, 0.2) is 34.3 Å². The fourth-order valence-electron chi connectivity index (χ4n) is 1.21. The van der Waals surface area contributed by atoms with Crippen LogP contribution in [0.2, 0.25) is 5.02 Å². The Balaban J connectivity index is 2.65. The molecule has 0 aliphatic rings. The molecule has 0 aliphatic carbocycles. The smallest absolute Gasteiger partial charge is 0.331 e. The van der Waals surface area contributed by atoms with Crippen LogP contribution in [0.25, 0.3) is 0 Å². The Morgan fingerprint density at radius 2 is 2.29 bits per heavy atom. The molecule has 0 atom stereocenters. The lowest BCUT2D eigenvalue weighted by Crippen LogP contribution is -2.03. The number of aliphatic carboxylic acids is 1. The molecule has 0 aromatic heterocycles. The number of ether oxygens (including phenoxy) is 1. The molecule has 0 bridgehead atoms. The van der Waals surface area contributed by atoms with Crippen molar-refractivity contribution < 1.29 is 14.6 Å². The SMILES string of the molecule is CCC(=CCOc1ccc(Cl)cc1Br)C(=O)O. The number of carboxylic acids is 1. The first-order valence-electron chi connectivity index (χ1n) is 5.04. The molecule has 0 spiro atoms. The van der Waals surface area contributed by atoms with Crippen LogP contribution in [0.3, 0.4) is 0 Å². The van der Waals surface area contributed by atoms with Gasteiger partial charge >= 0.3 is 5.97 Å². The molecule has 0 aliphatic heterocycles. The quantitative estimate of drug-likeness (QED) is 0.837. The fraction of sp³-hybridized carbons (Fsp3) is 0.250. The van der Waals surface area contributed by atoms with Gasteiger partial charge in [0.05, 0.1) is 4.47 Å². The number of hydrogen-bond donors (Lipinski definition) is 1. The van der Waals surface area contributed by atoms with Gasteiger partial charge in [0.1, 0.15) is 12.4 Å². The van der Waals surface area contributed by atoms with Crippen LogP contribution < -0.4 is 4.74 Å². The lowest BCUT2D eigenvalue weighted by Gasteiger charge is -2.06. The van der Waals surface area contributed by atoms with E-state index in [1.807, 2.05) is 0 Å². The van der Waals surface area contributed by atoms with E-state index in [4.69, 9.17) is 21.4 Å². The van der Waals surface area contributed by atoms with E-state index < -0.39 is 5.97 Å². The number of benzene rings is 1. The Labute approximate surface area is 113 Å². The van der Waals surface area contributed by atoms with Crippen LogP contribution in [0.4, 0.5) is 0 Å². The molecule has 1 N–H and O–H groups in total. The molecule has 3 nitrogen and oxygen atoms in total. The molecule has 17 heavy (non-hydrogen) atoms. The Bertz CT molecular complexity index is 443. The van der Waals surface area contributed by atoms with E-state index in [0.717, 1.165) is 4.47 Å². The normalized spacial score (nSPS) is 11.4. The van der Waals surface area contributed by atoms with Crippen molar-refractivity contribution in [2.45, 2.75) is 13.3 Å². The van der Waals surface area contributed by atoms with E-state index in [0.29, 0.717) is 22.8 Å². The summed E-state index contributed by atoms with van der Waals surface area (Å²) in [4.78, 5) is 10.7. The zero-order chi connectivity index (χ0) is 12.8. The van der Waals surface area contributed by atoms with Crippen molar-refractivity contribution in [3.05, 3.63) is 39.3 Å². The van der Waals surface area contributed by atoms with Gasteiger partial charge in [-0.25, -0.2) is 4.79 Å². The van der Waals surface area contributed by atoms with E-state index >= 15 is 0 Å². The van der Waals surface area contributed by atoms with Crippen LogP contribution in [-0.4, -0.2) is 17.7 Å². The summed E-state index contributed by atoms with van der Waals surface area (Å²) in [6.07, 6.45) is 2.03. The Morgan fingerprint density at radius 3 is 2.82 bits per heavy atom. The van der Waals surface area contributed by atoms with Crippen molar-refractivity contribution in [2.75, 3.05) is 6.61 Å². The summed E-state index contributed by atoms with van der Waals surface area (Å²) in [6, 6.07) is 5.16. The first-order valence-corrected chi connectivity index (χ1v) is 6.22. The number of carbonyl (C=O) groups is 1. The summed E-state index contributed by atoms with van der Waals surface area (Å²) in [5.74, 6) is -0.280. The molecule has 0 unspecified atom stereocenters. The van der Waals surface area contributed by atoms with E-state index in [2.05, 4.69) is 15.9 Å². The topological polar surface area (TPSA) is 46.5 Å². The zero-order valence-electron chi connectivity index (χ0n) is 9.24. The molecule has 0 saturated carbocycles. The maximum Gasteiger partial charge on any atom is 0.331 e. The average Bonchev–Trinajstić information content (AvgIpc) is 2.26. The van der Waals surface area contributed by atoms with Crippen molar-refractivity contribution in [1.29, 1.82) is 0 Å². The van der Waals surface area contributed by atoms with Crippen molar-refractivity contribution in [2.24, 2.45) is 0 Å². The lowest BCUT2D eigenvalue weighted by atomic mass is 10.2. The lowest BCUT2D eigenvalue weighted by molar-refractivity contribution is -0.132. The predicted molar refractivity (Wildman–Crippen MR) is 70.7 cm³/mol. The second kappa shape index (κ2) is 6.67. The highest BCUT2D eigenvalue weighted by molar-refractivity contribution is 9.10. The number of rotatable bonds is 5. The van der Waals surface area contributed by atoms with Crippen LogP contribution in [0, 0.1) is 0 Å². The van der Waals surface area contributed by atoms with Crippen LogP contribution >= 0.6 is 27.5 Å². The van der Waals surface area contributed by atoms with Gasteiger partial charge in [-0.3, -0.25) is 0 Å². The van der Waals surface area contributed by atoms with Gasteiger partial charge in [-0.2, -0.15) is 0 Å². The van der Waals surface area contributed by atoms with Gasteiger partial charge in [0.25, 0.3) is 0 Å². The molecule has 0 fully saturated rings. The summed E-state index contributed by atoms with van der Waals surface area (Å²) in [6.45, 7) is 2.01. The molecular weight excluding hydrogens is 307 g/mol. The third-order valence-electron chi connectivity index (χ3n) is 2.12. The molecule has 0 heterocycles. The zero-order valence-corrected chi connectivity index (χ0v) is 11.6. The molecule has 1 rings (SSSR count). The third kappa shape index (κ3) is 4.40. The molecule has 92 valence electrons. The highest BCUT2D eigenvalue weighted by Crippen LogP contribution is 2.27. The van der Waals surface area contributed by atoms with E-state index in [-0.39, 0.29) is 6.61 Å². The molecule has 0 saturated heterocycles. The Kier molecular flexibility index (Phi) is 5.51. The number of carboxylic acid groups (broad SMARTS) is 1. The van der Waals surface area contributed by atoms with Gasteiger partial charge in [0.2, 0.25) is 0 Å². The molecular formula is C12H12BrClO3. The van der Waals surface area contributed by atoms with Gasteiger partial charge in [-0.1, -0.05) is 18.5 Å². The monoisotopic (exact) mass is 318 g/mol. The average molecular weight is 320 g/mol. The number of hydrogen-bond acceptors (Lipinski definition) is 2. The van der Waals surface area contributed by atoms with Crippen molar-refractivity contribution in [3.8, 4) is 5.75 Å². The van der Waals surface area contributed by atoms with Crippen molar-refractivity contribution in [1.82, 2.24) is 0 Å². The summed E-state index contributed by atoms with van der Waals surface area (Å²) in [7, 11) is 0. The highest BCUT2D eigenvalue weighted by Gasteiger charge is 2.04. The van der Waals surface area contributed by atoms with E-state index in [1.54, 1.807) is 31.2 Å². The summed E-state index contributed by atoms with van der Waals surface area (Å²) < 4.78 is 6.17. The minimum atomic E-state index is -0.911. The maximum absolute atomic E-state index is 10.7. The van der Waals surface area contributed by atoms with Crippen molar-refractivity contribution in [3.63, 3.8) is 0 Å². The van der Waals surface area contributed by atoms with Crippen LogP contribution in [0.1, 0.15) is 13.3 Å². The first-order chi connectivity index (χ1) is 8.04. The van der Waals surface area contributed by atoms with Crippen LogP contribution in [-0.2, 0) is 4.79 Å². The minimum Gasteiger partial charge on any atom is -0.488 e. The summed E-state index contributed by atoms with van der Waals surface area (Å²) in [5.41, 5.74) is 0.343. The first kappa shape index (κ1) is 14.1. The molecule has 1 aromatic rings. The second-order valence-corrected chi connectivity index (χ2v) is 4.56. The number of halogens is 2. The highest BCUT2D eigenvalue weighted by atomic mass is 79.9. The summed E-state index contributed by atoms with van der Waals surface area (Å²) in [5, 5.41) is 9.42. The Morgan fingerprint density at radius 1 is 1.59 bits per heavy atom. The second-order valence-electron chi connectivity index (χ2n) is 3.27. The third-order valence-corrected chi connectivity index (χ3v) is 2.97. The minimum absolute atomic E-state index is 0.218. The van der Waals surface area contributed by atoms with E-state index in [9.17, 15) is 4.79 Å². The van der Waals surface area contributed by atoms with Gasteiger partial charge in [0, 0.05) is 10.6 Å². The molecule has 1 aromatic carbocycles. The van der Waals surface area contributed by atoms with Gasteiger partial charge in [-0.05, 0) is 46.6 Å². The molecule has 0 amide bonds. The molecule has 5 heteroatoms. The largest absolute Gasteiger partial charge is 0.488 e. The van der Waals surface area contributed by atoms with Crippen LogP contribution in [0.5, 0.6) is 5.75 Å². The standard InChI is InChI=1S/C12H12BrClO3/c1-2-8(12(15)16)5-6-17-11-4-3-9(14)7-10(11)13/h3-5,7H,2,6H2,1H3,(H,15,16). The van der Waals surface area contributed by atoms with Gasteiger partial charge in [-0.15, -0.1) is 0 Å².